The standard InChI is InChI=1S/C18H24FN5O3/c1-9(20)11-5-6-22(7-11)14-12(19)8-23-15(16(14)27-2)13(10-3-4-10)17(25)24(21)18(23)26/h8-11H,3-7,20-21H2,1-2H3/t9-,11-/m1/s1. The highest BCUT2D eigenvalue weighted by molar-refractivity contribution is 5.78. The molecule has 2 aromatic heterocycles. The summed E-state index contributed by atoms with van der Waals surface area (Å²) >= 11 is 0. The van der Waals surface area contributed by atoms with Gasteiger partial charge in [-0.1, -0.05) is 0 Å². The summed E-state index contributed by atoms with van der Waals surface area (Å²) in [7, 11) is 1.42. The number of ether oxygens (including phenoxy) is 1. The number of pyridine rings is 1. The number of aromatic nitrogens is 2. The van der Waals surface area contributed by atoms with Crippen molar-refractivity contribution >= 4 is 11.2 Å². The van der Waals surface area contributed by atoms with E-state index >= 15 is 4.39 Å². The van der Waals surface area contributed by atoms with Crippen LogP contribution in [0.4, 0.5) is 10.1 Å². The first kappa shape index (κ1) is 17.8. The number of hydrogen-bond donors (Lipinski definition) is 2. The highest BCUT2D eigenvalue weighted by atomic mass is 19.1. The van der Waals surface area contributed by atoms with Gasteiger partial charge >= 0.3 is 5.69 Å². The molecule has 3 heterocycles. The van der Waals surface area contributed by atoms with Gasteiger partial charge in [-0.05, 0) is 38.0 Å². The maximum absolute atomic E-state index is 15.1. The number of rotatable bonds is 4. The van der Waals surface area contributed by atoms with Gasteiger partial charge in [0.15, 0.2) is 11.6 Å². The van der Waals surface area contributed by atoms with E-state index in [4.69, 9.17) is 16.3 Å². The number of nitrogens with two attached hydrogens (primary N) is 2. The van der Waals surface area contributed by atoms with Crippen LogP contribution in [0.15, 0.2) is 15.8 Å². The maximum atomic E-state index is 15.1. The SMILES string of the molecule is COc1c(N2CC[C@@H]([C@@H](C)N)C2)c(F)cn2c(=O)n(N)c(=O)c(C3CC3)c12. The molecule has 2 fully saturated rings. The van der Waals surface area contributed by atoms with E-state index in [0.29, 0.717) is 28.8 Å². The molecule has 1 saturated heterocycles. The number of nitrogens with zero attached hydrogens (tertiary/aromatic N) is 3. The summed E-state index contributed by atoms with van der Waals surface area (Å²) in [5.74, 6) is 5.51. The van der Waals surface area contributed by atoms with Gasteiger partial charge in [0, 0.05) is 19.1 Å². The molecular weight excluding hydrogens is 353 g/mol. The molecule has 1 aliphatic carbocycles. The van der Waals surface area contributed by atoms with Crippen molar-refractivity contribution in [2.75, 3.05) is 30.9 Å². The van der Waals surface area contributed by atoms with Crippen molar-refractivity contribution in [1.29, 1.82) is 0 Å². The first-order valence-electron chi connectivity index (χ1n) is 9.18. The quantitative estimate of drug-likeness (QED) is 0.746. The lowest BCUT2D eigenvalue weighted by atomic mass is 10.0. The van der Waals surface area contributed by atoms with E-state index < -0.39 is 17.1 Å². The molecule has 1 aliphatic heterocycles. The monoisotopic (exact) mass is 377 g/mol. The number of halogens is 1. The smallest absolute Gasteiger partial charge is 0.354 e. The molecule has 8 nitrogen and oxygen atoms in total. The van der Waals surface area contributed by atoms with E-state index in [-0.39, 0.29) is 29.3 Å². The van der Waals surface area contributed by atoms with Crippen molar-refractivity contribution in [3.05, 3.63) is 38.4 Å². The number of nitrogen functional groups attached to an aromatic ring is 1. The highest BCUT2D eigenvalue weighted by Gasteiger charge is 2.35. The predicted molar refractivity (Wildman–Crippen MR) is 101 cm³/mol. The molecule has 2 atom stereocenters. The van der Waals surface area contributed by atoms with Crippen LogP contribution in [0.25, 0.3) is 5.52 Å². The van der Waals surface area contributed by atoms with E-state index in [9.17, 15) is 9.59 Å². The summed E-state index contributed by atoms with van der Waals surface area (Å²) in [5.41, 5.74) is 5.68. The first-order valence-corrected chi connectivity index (χ1v) is 9.18. The number of hydrogen-bond acceptors (Lipinski definition) is 6. The van der Waals surface area contributed by atoms with Crippen LogP contribution in [0.5, 0.6) is 5.75 Å². The number of fused-ring (bicyclic) bond motifs is 1. The average Bonchev–Trinajstić information content (AvgIpc) is 3.35. The lowest BCUT2D eigenvalue weighted by Gasteiger charge is -2.24. The van der Waals surface area contributed by atoms with Crippen molar-refractivity contribution in [1.82, 2.24) is 9.08 Å². The van der Waals surface area contributed by atoms with Crippen molar-refractivity contribution < 1.29 is 9.13 Å². The Morgan fingerprint density at radius 2 is 2.00 bits per heavy atom. The topological polar surface area (TPSA) is 108 Å². The fraction of sp³-hybridized carbons (Fsp3) is 0.556. The molecule has 2 aromatic rings. The molecule has 2 aliphatic rings. The summed E-state index contributed by atoms with van der Waals surface area (Å²) < 4.78 is 22.3. The summed E-state index contributed by atoms with van der Waals surface area (Å²) in [6.07, 6.45) is 3.60. The zero-order valence-corrected chi connectivity index (χ0v) is 15.4. The van der Waals surface area contributed by atoms with Gasteiger partial charge in [-0.15, -0.1) is 0 Å². The second kappa shape index (κ2) is 6.26. The van der Waals surface area contributed by atoms with E-state index in [1.165, 1.54) is 7.11 Å². The molecule has 0 amide bonds. The van der Waals surface area contributed by atoms with Crippen LogP contribution in [-0.4, -0.2) is 35.3 Å². The molecule has 1 saturated carbocycles. The van der Waals surface area contributed by atoms with Gasteiger partial charge in [-0.25, -0.2) is 9.18 Å². The van der Waals surface area contributed by atoms with Crippen molar-refractivity contribution in [2.24, 2.45) is 11.7 Å². The van der Waals surface area contributed by atoms with Crippen LogP contribution in [0.2, 0.25) is 0 Å². The second-order valence-electron chi connectivity index (χ2n) is 7.58. The molecule has 4 N–H and O–H groups in total. The molecule has 0 unspecified atom stereocenters. The molecule has 27 heavy (non-hydrogen) atoms. The minimum Gasteiger partial charge on any atom is -0.492 e. The fourth-order valence-corrected chi connectivity index (χ4v) is 4.05. The Bertz CT molecular complexity index is 1020. The third-order valence-electron chi connectivity index (χ3n) is 5.73. The van der Waals surface area contributed by atoms with Gasteiger partial charge in [0.2, 0.25) is 0 Å². The Balaban J connectivity index is 2.01. The Morgan fingerprint density at radius 1 is 1.30 bits per heavy atom. The largest absolute Gasteiger partial charge is 0.492 e. The molecule has 4 rings (SSSR count). The normalized spacial score (nSPS) is 21.0. The number of methoxy groups -OCH3 is 1. The Hall–Kier alpha value is -2.55. The Kier molecular flexibility index (Phi) is 4.14. The fourth-order valence-electron chi connectivity index (χ4n) is 4.05. The van der Waals surface area contributed by atoms with E-state index in [1.54, 1.807) is 0 Å². The van der Waals surface area contributed by atoms with Gasteiger partial charge < -0.3 is 21.2 Å². The first-order chi connectivity index (χ1) is 12.8. The zero-order valence-electron chi connectivity index (χ0n) is 15.4. The molecule has 146 valence electrons. The highest BCUT2D eigenvalue weighted by Crippen LogP contribution is 2.45. The average molecular weight is 377 g/mol. The zero-order chi connectivity index (χ0) is 19.5. The maximum Gasteiger partial charge on any atom is 0.354 e. The molecule has 0 radical (unpaired) electrons. The summed E-state index contributed by atoms with van der Waals surface area (Å²) in [5, 5.41) is 0. The minimum absolute atomic E-state index is 0.00130. The summed E-state index contributed by atoms with van der Waals surface area (Å²) in [6.45, 7) is 3.17. The van der Waals surface area contributed by atoms with Crippen LogP contribution in [0.3, 0.4) is 0 Å². The van der Waals surface area contributed by atoms with Gasteiger partial charge in [0.25, 0.3) is 5.56 Å². The van der Waals surface area contributed by atoms with E-state index in [0.717, 1.165) is 29.9 Å². The third-order valence-corrected chi connectivity index (χ3v) is 5.73. The van der Waals surface area contributed by atoms with Gasteiger partial charge in [-0.3, -0.25) is 9.20 Å². The minimum atomic E-state index is -0.793. The lowest BCUT2D eigenvalue weighted by Crippen LogP contribution is -2.44. The predicted octanol–water partition coefficient (Wildman–Crippen LogP) is 0.374. The van der Waals surface area contributed by atoms with Crippen molar-refractivity contribution in [3.63, 3.8) is 0 Å². The number of anilines is 1. The van der Waals surface area contributed by atoms with E-state index in [2.05, 4.69) is 0 Å². The van der Waals surface area contributed by atoms with Crippen LogP contribution in [0, 0.1) is 11.7 Å². The Labute approximate surface area is 155 Å². The molecule has 0 bridgehead atoms. The van der Waals surface area contributed by atoms with Crippen LogP contribution in [-0.2, 0) is 0 Å². The van der Waals surface area contributed by atoms with Gasteiger partial charge in [-0.2, -0.15) is 4.68 Å². The molecule has 0 spiro atoms. The molecule has 0 aromatic carbocycles. The van der Waals surface area contributed by atoms with Crippen LogP contribution in [0.1, 0.15) is 37.7 Å². The lowest BCUT2D eigenvalue weighted by molar-refractivity contribution is 0.412. The van der Waals surface area contributed by atoms with Crippen LogP contribution < -0.4 is 32.5 Å². The summed E-state index contributed by atoms with van der Waals surface area (Å²) in [6, 6.07) is -0.00130. The van der Waals surface area contributed by atoms with E-state index in [1.807, 2.05) is 11.8 Å². The van der Waals surface area contributed by atoms with Crippen LogP contribution >= 0.6 is 0 Å². The molecular formula is C18H24FN5O3. The third kappa shape index (κ3) is 2.68. The molecule has 9 heteroatoms. The second-order valence-corrected chi connectivity index (χ2v) is 7.58. The van der Waals surface area contributed by atoms with Gasteiger partial charge in [0.1, 0.15) is 11.2 Å². The van der Waals surface area contributed by atoms with Gasteiger partial charge in [0.05, 0.1) is 18.9 Å². The van der Waals surface area contributed by atoms with Crippen molar-refractivity contribution in [2.45, 2.75) is 38.1 Å². The van der Waals surface area contributed by atoms with Crippen molar-refractivity contribution in [3.8, 4) is 5.75 Å². The summed E-state index contributed by atoms with van der Waals surface area (Å²) in [4.78, 5) is 27.0. The Morgan fingerprint density at radius 3 is 2.56 bits per heavy atom.